The molecule has 1 N–H and O–H groups in total. The SMILES string of the molecule is CN[C@@H](Cc1ccccc1)c1ccccc1OC. The summed E-state index contributed by atoms with van der Waals surface area (Å²) in [5.41, 5.74) is 2.52. The Labute approximate surface area is 109 Å². The predicted octanol–water partition coefficient (Wildman–Crippen LogP) is 3.20. The molecule has 0 aliphatic rings. The molecule has 0 radical (unpaired) electrons. The van der Waals surface area contributed by atoms with Crippen LogP contribution in [-0.2, 0) is 6.42 Å². The number of benzene rings is 2. The molecule has 0 aromatic heterocycles. The molecule has 0 heterocycles. The molecule has 2 nitrogen and oxygen atoms in total. The van der Waals surface area contributed by atoms with Crippen LogP contribution in [0.15, 0.2) is 54.6 Å². The van der Waals surface area contributed by atoms with Crippen LogP contribution in [0.1, 0.15) is 17.2 Å². The van der Waals surface area contributed by atoms with Gasteiger partial charge in [-0.25, -0.2) is 0 Å². The van der Waals surface area contributed by atoms with E-state index in [1.165, 1.54) is 11.1 Å². The number of rotatable bonds is 5. The Morgan fingerprint density at radius 1 is 1.00 bits per heavy atom. The fraction of sp³-hybridized carbons (Fsp3) is 0.250. The average molecular weight is 241 g/mol. The van der Waals surface area contributed by atoms with E-state index in [-0.39, 0.29) is 6.04 Å². The summed E-state index contributed by atoms with van der Waals surface area (Å²) in [5, 5.41) is 3.36. The first-order valence-corrected chi connectivity index (χ1v) is 6.19. The van der Waals surface area contributed by atoms with E-state index in [9.17, 15) is 0 Å². The highest BCUT2D eigenvalue weighted by molar-refractivity contribution is 5.37. The summed E-state index contributed by atoms with van der Waals surface area (Å²) in [6, 6.07) is 18.9. The van der Waals surface area contributed by atoms with Gasteiger partial charge in [0.25, 0.3) is 0 Å². The van der Waals surface area contributed by atoms with Gasteiger partial charge in [-0.3, -0.25) is 0 Å². The Bertz CT molecular complexity index is 481. The first-order valence-electron chi connectivity index (χ1n) is 6.19. The smallest absolute Gasteiger partial charge is 0.123 e. The summed E-state index contributed by atoms with van der Waals surface area (Å²) in [4.78, 5) is 0. The van der Waals surface area contributed by atoms with E-state index in [0.29, 0.717) is 0 Å². The lowest BCUT2D eigenvalue weighted by atomic mass is 9.98. The summed E-state index contributed by atoms with van der Waals surface area (Å²) in [7, 11) is 3.70. The fourth-order valence-corrected chi connectivity index (χ4v) is 2.17. The number of para-hydroxylation sites is 1. The molecule has 0 saturated carbocycles. The van der Waals surface area contributed by atoms with E-state index in [4.69, 9.17) is 4.74 Å². The van der Waals surface area contributed by atoms with Gasteiger partial charge in [-0.05, 0) is 25.1 Å². The quantitative estimate of drug-likeness (QED) is 0.868. The number of nitrogens with one attached hydrogen (secondary N) is 1. The van der Waals surface area contributed by atoms with Gasteiger partial charge < -0.3 is 10.1 Å². The van der Waals surface area contributed by atoms with E-state index < -0.39 is 0 Å². The van der Waals surface area contributed by atoms with Crippen molar-refractivity contribution in [2.75, 3.05) is 14.2 Å². The third-order valence-corrected chi connectivity index (χ3v) is 3.15. The van der Waals surface area contributed by atoms with Gasteiger partial charge in [0, 0.05) is 11.6 Å². The number of ether oxygens (including phenoxy) is 1. The van der Waals surface area contributed by atoms with Crippen molar-refractivity contribution in [1.82, 2.24) is 5.32 Å². The molecule has 0 unspecified atom stereocenters. The summed E-state index contributed by atoms with van der Waals surface area (Å²) in [6.07, 6.45) is 0.956. The normalized spacial score (nSPS) is 12.1. The van der Waals surface area contributed by atoms with E-state index in [1.54, 1.807) is 7.11 Å². The van der Waals surface area contributed by atoms with Gasteiger partial charge in [0.2, 0.25) is 0 Å². The van der Waals surface area contributed by atoms with E-state index in [2.05, 4.69) is 35.6 Å². The van der Waals surface area contributed by atoms with E-state index in [0.717, 1.165) is 12.2 Å². The van der Waals surface area contributed by atoms with Gasteiger partial charge >= 0.3 is 0 Å². The van der Waals surface area contributed by atoms with Crippen molar-refractivity contribution >= 4 is 0 Å². The largest absolute Gasteiger partial charge is 0.496 e. The first-order chi connectivity index (χ1) is 8.85. The Balaban J connectivity index is 2.23. The van der Waals surface area contributed by atoms with Gasteiger partial charge in [-0.15, -0.1) is 0 Å². The Morgan fingerprint density at radius 3 is 2.33 bits per heavy atom. The van der Waals surface area contributed by atoms with Crippen LogP contribution in [0.4, 0.5) is 0 Å². The predicted molar refractivity (Wildman–Crippen MR) is 74.9 cm³/mol. The molecule has 0 saturated heterocycles. The molecule has 0 amide bonds. The van der Waals surface area contributed by atoms with Gasteiger partial charge in [0.05, 0.1) is 7.11 Å². The molecule has 18 heavy (non-hydrogen) atoms. The van der Waals surface area contributed by atoms with Crippen molar-refractivity contribution in [1.29, 1.82) is 0 Å². The molecule has 94 valence electrons. The summed E-state index contributed by atoms with van der Waals surface area (Å²) < 4.78 is 5.43. The maximum Gasteiger partial charge on any atom is 0.123 e. The number of likely N-dealkylation sites (N-methyl/N-ethyl adjacent to an activating group) is 1. The van der Waals surface area contributed by atoms with Crippen LogP contribution in [0.25, 0.3) is 0 Å². The van der Waals surface area contributed by atoms with E-state index >= 15 is 0 Å². The molecule has 0 fully saturated rings. The molecule has 0 aliphatic heterocycles. The zero-order valence-electron chi connectivity index (χ0n) is 10.9. The molecule has 2 rings (SSSR count). The monoisotopic (exact) mass is 241 g/mol. The van der Waals surface area contributed by atoms with E-state index in [1.807, 2.05) is 31.3 Å². The summed E-state index contributed by atoms with van der Waals surface area (Å²) in [6.45, 7) is 0. The third-order valence-electron chi connectivity index (χ3n) is 3.15. The zero-order valence-corrected chi connectivity index (χ0v) is 10.9. The van der Waals surface area contributed by atoms with Crippen molar-refractivity contribution < 1.29 is 4.74 Å². The lowest BCUT2D eigenvalue weighted by molar-refractivity contribution is 0.401. The Hall–Kier alpha value is -1.80. The molecule has 1 atom stereocenters. The molecule has 2 heteroatoms. The van der Waals surface area contributed by atoms with Gasteiger partial charge in [0.1, 0.15) is 5.75 Å². The minimum absolute atomic E-state index is 0.267. The van der Waals surface area contributed by atoms with Crippen LogP contribution < -0.4 is 10.1 Å². The Kier molecular flexibility index (Phi) is 4.37. The number of methoxy groups -OCH3 is 1. The second-order valence-electron chi connectivity index (χ2n) is 4.27. The third kappa shape index (κ3) is 2.90. The molecular weight excluding hydrogens is 222 g/mol. The zero-order chi connectivity index (χ0) is 12.8. The molecule has 2 aromatic carbocycles. The van der Waals surface area contributed by atoms with Crippen molar-refractivity contribution in [3.63, 3.8) is 0 Å². The van der Waals surface area contributed by atoms with Crippen LogP contribution in [0.3, 0.4) is 0 Å². The second kappa shape index (κ2) is 6.22. The van der Waals surface area contributed by atoms with Gasteiger partial charge in [-0.2, -0.15) is 0 Å². The minimum Gasteiger partial charge on any atom is -0.496 e. The second-order valence-corrected chi connectivity index (χ2v) is 4.27. The minimum atomic E-state index is 0.267. The molecule has 2 aromatic rings. The lowest BCUT2D eigenvalue weighted by Gasteiger charge is -2.19. The van der Waals surface area contributed by atoms with Crippen LogP contribution in [-0.4, -0.2) is 14.2 Å². The topological polar surface area (TPSA) is 21.3 Å². The molecular formula is C16H19NO. The molecule has 0 spiro atoms. The molecule has 0 aliphatic carbocycles. The van der Waals surface area contributed by atoms with Crippen LogP contribution in [0.5, 0.6) is 5.75 Å². The van der Waals surface area contributed by atoms with Crippen molar-refractivity contribution in [2.24, 2.45) is 0 Å². The maximum absolute atomic E-state index is 5.43. The van der Waals surface area contributed by atoms with Crippen molar-refractivity contribution in [3.8, 4) is 5.75 Å². The van der Waals surface area contributed by atoms with Gasteiger partial charge in [0.15, 0.2) is 0 Å². The van der Waals surface area contributed by atoms with Crippen LogP contribution in [0.2, 0.25) is 0 Å². The number of hydrogen-bond donors (Lipinski definition) is 1. The first kappa shape index (κ1) is 12.7. The maximum atomic E-state index is 5.43. The van der Waals surface area contributed by atoms with Crippen molar-refractivity contribution in [2.45, 2.75) is 12.5 Å². The highest BCUT2D eigenvalue weighted by Gasteiger charge is 2.14. The number of hydrogen-bond acceptors (Lipinski definition) is 2. The standard InChI is InChI=1S/C16H19NO/c1-17-15(12-13-8-4-3-5-9-13)14-10-6-7-11-16(14)18-2/h3-11,15,17H,12H2,1-2H3/t15-/m0/s1. The Morgan fingerprint density at radius 2 is 1.67 bits per heavy atom. The average Bonchev–Trinajstić information content (AvgIpc) is 2.46. The highest BCUT2D eigenvalue weighted by Crippen LogP contribution is 2.26. The molecule has 0 bridgehead atoms. The summed E-state index contributed by atoms with van der Waals surface area (Å²) in [5.74, 6) is 0.938. The van der Waals surface area contributed by atoms with Crippen LogP contribution in [0, 0.1) is 0 Å². The summed E-state index contributed by atoms with van der Waals surface area (Å²) >= 11 is 0. The van der Waals surface area contributed by atoms with Crippen LogP contribution >= 0.6 is 0 Å². The lowest BCUT2D eigenvalue weighted by Crippen LogP contribution is -2.19. The fourth-order valence-electron chi connectivity index (χ4n) is 2.17. The van der Waals surface area contributed by atoms with Crippen molar-refractivity contribution in [3.05, 3.63) is 65.7 Å². The van der Waals surface area contributed by atoms with Gasteiger partial charge in [-0.1, -0.05) is 48.5 Å². The highest BCUT2D eigenvalue weighted by atomic mass is 16.5.